The Hall–Kier alpha value is -2.30. The molecule has 8 nitrogen and oxygen atoms in total. The minimum Gasteiger partial charge on any atom is -0.497 e. The lowest BCUT2D eigenvalue weighted by Crippen LogP contribution is -2.40. The fourth-order valence-electron chi connectivity index (χ4n) is 3.74. The van der Waals surface area contributed by atoms with Crippen LogP contribution in [0.4, 0.5) is 5.13 Å². The van der Waals surface area contributed by atoms with Crippen molar-refractivity contribution in [2.24, 2.45) is 0 Å². The van der Waals surface area contributed by atoms with Gasteiger partial charge < -0.3 is 18.9 Å². The Bertz CT molecular complexity index is 1120. The van der Waals surface area contributed by atoms with Crippen LogP contribution in [0.1, 0.15) is 6.42 Å². The van der Waals surface area contributed by atoms with Gasteiger partial charge in [-0.2, -0.15) is 0 Å². The van der Waals surface area contributed by atoms with E-state index in [4.69, 9.17) is 35.5 Å². The molecule has 0 unspecified atom stereocenters. The highest BCUT2D eigenvalue weighted by molar-refractivity contribution is 7.23. The Morgan fingerprint density at radius 1 is 1.17 bits per heavy atom. The predicted molar refractivity (Wildman–Crippen MR) is 141 cm³/mol. The molecule has 190 valence electrons. The molecule has 0 spiro atoms. The number of carbonyl (C=O) groups is 1. The highest BCUT2D eigenvalue weighted by Crippen LogP contribution is 2.38. The van der Waals surface area contributed by atoms with Gasteiger partial charge in [-0.3, -0.25) is 14.6 Å². The van der Waals surface area contributed by atoms with E-state index in [1.54, 1.807) is 43.4 Å². The number of hydrogen-bond donors (Lipinski definition) is 0. The number of carbonyl (C=O) groups excluding carboxylic acids is 1. The Kier molecular flexibility index (Phi) is 10.2. The summed E-state index contributed by atoms with van der Waals surface area (Å²) in [6, 6.07) is 10.7. The van der Waals surface area contributed by atoms with Gasteiger partial charge in [-0.1, -0.05) is 29.0 Å². The molecular formula is C24H29Cl2N3O5S. The van der Waals surface area contributed by atoms with E-state index in [1.165, 1.54) is 11.3 Å². The highest BCUT2D eigenvalue weighted by atomic mass is 35.5. The van der Waals surface area contributed by atoms with Crippen LogP contribution in [-0.4, -0.2) is 76.0 Å². The second-order valence-corrected chi connectivity index (χ2v) is 9.13. The molecule has 0 saturated carbocycles. The largest absolute Gasteiger partial charge is 0.497 e. The number of methoxy groups -OCH3 is 2. The number of nitrogens with zero attached hydrogens (tertiary/aromatic N) is 3. The zero-order valence-electron chi connectivity index (χ0n) is 19.7. The van der Waals surface area contributed by atoms with E-state index in [-0.39, 0.29) is 24.9 Å². The smallest absolute Gasteiger partial charge is 0.266 e. The third kappa shape index (κ3) is 6.89. The average molecular weight is 542 g/mol. The Morgan fingerprint density at radius 2 is 1.94 bits per heavy atom. The van der Waals surface area contributed by atoms with E-state index in [9.17, 15) is 4.79 Å². The Labute approximate surface area is 220 Å². The number of hydrogen-bond acceptors (Lipinski definition) is 8. The number of aromatic nitrogens is 1. The zero-order chi connectivity index (χ0) is 23.9. The van der Waals surface area contributed by atoms with Gasteiger partial charge in [0, 0.05) is 32.2 Å². The highest BCUT2D eigenvalue weighted by Gasteiger charge is 2.23. The number of fused-ring (bicyclic) bond motifs is 1. The molecule has 0 N–H and O–H groups in total. The molecule has 0 bridgehead atoms. The molecule has 11 heteroatoms. The van der Waals surface area contributed by atoms with Crippen molar-refractivity contribution in [1.82, 2.24) is 9.88 Å². The van der Waals surface area contributed by atoms with E-state index in [0.717, 1.165) is 44.0 Å². The van der Waals surface area contributed by atoms with Gasteiger partial charge in [0.05, 0.1) is 37.2 Å². The van der Waals surface area contributed by atoms with Gasteiger partial charge in [0.1, 0.15) is 22.8 Å². The molecule has 1 aliphatic rings. The first kappa shape index (κ1) is 27.3. The molecule has 0 atom stereocenters. The minimum atomic E-state index is -0.182. The fourth-order valence-corrected chi connectivity index (χ4v) is 5.04. The molecule has 1 saturated heterocycles. The van der Waals surface area contributed by atoms with Crippen LogP contribution in [0, 0.1) is 0 Å². The molecule has 0 radical (unpaired) electrons. The SMILES string of the molecule is COc1cccc(OCC(=O)N(CCCN2CCOCC2)c2nc3c(OC)ccc(Cl)c3s2)c1.Cl. The van der Waals surface area contributed by atoms with Crippen LogP contribution in [0.25, 0.3) is 10.2 Å². The van der Waals surface area contributed by atoms with Gasteiger partial charge in [0.2, 0.25) is 0 Å². The first-order chi connectivity index (χ1) is 16.6. The monoisotopic (exact) mass is 541 g/mol. The number of rotatable bonds is 10. The van der Waals surface area contributed by atoms with Crippen LogP contribution in [0.3, 0.4) is 0 Å². The molecule has 0 aliphatic carbocycles. The number of anilines is 1. The number of benzene rings is 2. The summed E-state index contributed by atoms with van der Waals surface area (Å²) < 4.78 is 22.7. The van der Waals surface area contributed by atoms with E-state index < -0.39 is 0 Å². The molecule has 2 aromatic carbocycles. The van der Waals surface area contributed by atoms with Crippen LogP contribution < -0.4 is 19.1 Å². The third-order valence-electron chi connectivity index (χ3n) is 5.56. The fraction of sp³-hybridized carbons (Fsp3) is 0.417. The molecule has 4 rings (SSSR count). The summed E-state index contributed by atoms with van der Waals surface area (Å²) in [4.78, 5) is 22.1. The van der Waals surface area contributed by atoms with Gasteiger partial charge in [-0.25, -0.2) is 4.98 Å². The van der Waals surface area contributed by atoms with Gasteiger partial charge in [-0.05, 0) is 30.7 Å². The number of ether oxygens (including phenoxy) is 4. The van der Waals surface area contributed by atoms with Gasteiger partial charge in [0.15, 0.2) is 11.7 Å². The molecular weight excluding hydrogens is 513 g/mol. The zero-order valence-corrected chi connectivity index (χ0v) is 22.1. The number of thiazole rings is 1. The summed E-state index contributed by atoms with van der Waals surface area (Å²) in [5, 5.41) is 1.15. The van der Waals surface area contributed by atoms with E-state index in [2.05, 4.69) is 4.90 Å². The molecule has 3 aromatic rings. The summed E-state index contributed by atoms with van der Waals surface area (Å²) in [6.07, 6.45) is 0.797. The first-order valence-electron chi connectivity index (χ1n) is 11.1. The molecule has 2 heterocycles. The summed E-state index contributed by atoms with van der Waals surface area (Å²) in [7, 11) is 3.18. The van der Waals surface area contributed by atoms with Crippen molar-refractivity contribution in [3.05, 3.63) is 41.4 Å². The number of morpholine rings is 1. The summed E-state index contributed by atoms with van der Waals surface area (Å²) >= 11 is 7.79. The minimum absolute atomic E-state index is 0. The van der Waals surface area contributed by atoms with E-state index in [1.807, 2.05) is 12.1 Å². The van der Waals surface area contributed by atoms with Crippen molar-refractivity contribution in [3.8, 4) is 17.2 Å². The lowest BCUT2D eigenvalue weighted by Gasteiger charge is -2.27. The van der Waals surface area contributed by atoms with Crippen LogP contribution in [-0.2, 0) is 9.53 Å². The quantitative estimate of drug-likeness (QED) is 0.373. The van der Waals surface area contributed by atoms with Crippen molar-refractivity contribution in [2.45, 2.75) is 6.42 Å². The lowest BCUT2D eigenvalue weighted by molar-refractivity contribution is -0.120. The summed E-state index contributed by atoms with van der Waals surface area (Å²) in [5.74, 6) is 1.67. The van der Waals surface area contributed by atoms with Crippen LogP contribution in [0.15, 0.2) is 36.4 Å². The van der Waals surface area contributed by atoms with Crippen LogP contribution >= 0.6 is 35.3 Å². The van der Waals surface area contributed by atoms with Gasteiger partial charge in [0.25, 0.3) is 5.91 Å². The topological polar surface area (TPSA) is 73.4 Å². The molecule has 35 heavy (non-hydrogen) atoms. The molecule has 1 fully saturated rings. The van der Waals surface area contributed by atoms with Crippen molar-refractivity contribution in [2.75, 3.05) is 65.1 Å². The molecule has 1 aromatic heterocycles. The third-order valence-corrected chi connectivity index (χ3v) is 7.10. The van der Waals surface area contributed by atoms with Gasteiger partial charge >= 0.3 is 0 Å². The van der Waals surface area contributed by atoms with Crippen molar-refractivity contribution < 1.29 is 23.7 Å². The number of halogens is 2. The average Bonchev–Trinajstić information content (AvgIpc) is 3.32. The predicted octanol–water partition coefficient (Wildman–Crippen LogP) is 4.52. The summed E-state index contributed by atoms with van der Waals surface area (Å²) in [5.41, 5.74) is 0.648. The molecule has 1 aliphatic heterocycles. The van der Waals surface area contributed by atoms with Crippen molar-refractivity contribution >= 4 is 56.6 Å². The Balaban J connectivity index is 0.00000342. The van der Waals surface area contributed by atoms with E-state index >= 15 is 0 Å². The maximum Gasteiger partial charge on any atom is 0.266 e. The first-order valence-corrected chi connectivity index (χ1v) is 12.3. The van der Waals surface area contributed by atoms with Crippen LogP contribution in [0.5, 0.6) is 17.2 Å². The van der Waals surface area contributed by atoms with Crippen molar-refractivity contribution in [3.63, 3.8) is 0 Å². The second-order valence-electron chi connectivity index (χ2n) is 7.74. The second kappa shape index (κ2) is 13.1. The standard InChI is InChI=1S/C24H28ClN3O5S.ClH/c1-30-17-5-3-6-18(15-17)33-16-21(29)28(10-4-9-27-11-13-32-14-12-27)24-26-22-20(31-2)8-7-19(25)23(22)34-24;/h3,5-8,15H,4,9-14,16H2,1-2H3;1H. The summed E-state index contributed by atoms with van der Waals surface area (Å²) in [6.45, 7) is 4.56. The maximum atomic E-state index is 13.3. The normalized spacial score (nSPS) is 13.8. The lowest BCUT2D eigenvalue weighted by atomic mass is 10.3. The Morgan fingerprint density at radius 3 is 2.69 bits per heavy atom. The molecule has 1 amide bonds. The maximum absolute atomic E-state index is 13.3. The van der Waals surface area contributed by atoms with E-state index in [0.29, 0.717) is 39.5 Å². The van der Waals surface area contributed by atoms with Crippen LogP contribution in [0.2, 0.25) is 5.02 Å². The van der Waals surface area contributed by atoms with Crippen molar-refractivity contribution in [1.29, 1.82) is 0 Å². The van der Waals surface area contributed by atoms with Gasteiger partial charge in [-0.15, -0.1) is 12.4 Å². The number of amides is 1.